The fraction of sp³-hybridized carbons (Fsp3) is 0. The predicted octanol–water partition coefficient (Wildman–Crippen LogP) is 3.15. The molecule has 0 aliphatic heterocycles. The second-order valence-corrected chi connectivity index (χ2v) is 4.05. The number of carbonyl (C=O) groups is 1. The SMILES string of the molecule is O=C(N/N=C\c1ccccc1)c1c(F)c(F)c(F)c(F)c1F. The summed E-state index contributed by atoms with van der Waals surface area (Å²) < 4.78 is 65.5. The molecule has 0 bridgehead atoms. The lowest BCUT2D eigenvalue weighted by atomic mass is 10.1. The van der Waals surface area contributed by atoms with Crippen LogP contribution >= 0.6 is 0 Å². The summed E-state index contributed by atoms with van der Waals surface area (Å²) in [6.45, 7) is 0. The minimum absolute atomic E-state index is 0.556. The summed E-state index contributed by atoms with van der Waals surface area (Å²) in [6.07, 6.45) is 1.14. The summed E-state index contributed by atoms with van der Waals surface area (Å²) in [4.78, 5) is 11.5. The van der Waals surface area contributed by atoms with E-state index in [1.165, 1.54) is 0 Å². The number of carbonyl (C=O) groups excluding carboxylic acids is 1. The number of rotatable bonds is 3. The third kappa shape index (κ3) is 2.95. The number of amides is 1. The first-order chi connectivity index (χ1) is 10.4. The van der Waals surface area contributed by atoms with E-state index in [1.54, 1.807) is 35.8 Å². The highest BCUT2D eigenvalue weighted by Gasteiger charge is 2.29. The first kappa shape index (κ1) is 15.6. The van der Waals surface area contributed by atoms with Gasteiger partial charge in [0.1, 0.15) is 5.56 Å². The molecule has 22 heavy (non-hydrogen) atoms. The Bertz CT molecular complexity index is 718. The van der Waals surface area contributed by atoms with E-state index in [4.69, 9.17) is 0 Å². The molecular formula is C14H7F5N2O. The molecule has 0 saturated heterocycles. The van der Waals surface area contributed by atoms with Gasteiger partial charge >= 0.3 is 0 Å². The molecular weight excluding hydrogens is 307 g/mol. The molecule has 2 aromatic rings. The number of nitrogens with one attached hydrogen (secondary N) is 1. The Morgan fingerprint density at radius 3 is 1.91 bits per heavy atom. The maximum atomic E-state index is 13.4. The van der Waals surface area contributed by atoms with Crippen LogP contribution in [0.15, 0.2) is 35.4 Å². The van der Waals surface area contributed by atoms with E-state index in [-0.39, 0.29) is 0 Å². The van der Waals surface area contributed by atoms with Gasteiger partial charge in [0.15, 0.2) is 23.3 Å². The van der Waals surface area contributed by atoms with Crippen LogP contribution in [0.4, 0.5) is 22.0 Å². The Morgan fingerprint density at radius 1 is 0.864 bits per heavy atom. The second-order valence-electron chi connectivity index (χ2n) is 4.05. The van der Waals surface area contributed by atoms with Crippen molar-refractivity contribution in [3.63, 3.8) is 0 Å². The zero-order valence-electron chi connectivity index (χ0n) is 10.7. The monoisotopic (exact) mass is 314 g/mol. The van der Waals surface area contributed by atoms with Gasteiger partial charge in [-0.1, -0.05) is 30.3 Å². The van der Waals surface area contributed by atoms with Gasteiger partial charge in [0.05, 0.1) is 6.21 Å². The first-order valence-corrected chi connectivity index (χ1v) is 5.83. The molecule has 114 valence electrons. The standard InChI is InChI=1S/C14H7F5N2O/c15-9-8(10(16)12(18)13(19)11(9)17)14(22)21-20-6-7-4-2-1-3-5-7/h1-6H,(H,21,22)/b20-6-. The normalized spacial score (nSPS) is 11.0. The van der Waals surface area contributed by atoms with Gasteiger partial charge in [-0.25, -0.2) is 27.4 Å². The Morgan fingerprint density at radius 2 is 1.36 bits per heavy atom. The molecule has 0 fully saturated rings. The van der Waals surface area contributed by atoms with Crippen LogP contribution in [0.3, 0.4) is 0 Å². The largest absolute Gasteiger partial charge is 0.277 e. The van der Waals surface area contributed by atoms with Gasteiger partial charge < -0.3 is 0 Å². The van der Waals surface area contributed by atoms with Crippen molar-refractivity contribution in [1.82, 2.24) is 5.43 Å². The predicted molar refractivity (Wildman–Crippen MR) is 67.7 cm³/mol. The third-order valence-electron chi connectivity index (χ3n) is 2.62. The van der Waals surface area contributed by atoms with Crippen molar-refractivity contribution in [3.05, 3.63) is 70.5 Å². The van der Waals surface area contributed by atoms with Crippen molar-refractivity contribution in [2.45, 2.75) is 0 Å². The van der Waals surface area contributed by atoms with Crippen LogP contribution in [0.2, 0.25) is 0 Å². The van der Waals surface area contributed by atoms with Gasteiger partial charge in [-0.2, -0.15) is 5.10 Å². The minimum Gasteiger partial charge on any atom is -0.267 e. The summed E-state index contributed by atoms with van der Waals surface area (Å²) in [7, 11) is 0. The maximum Gasteiger partial charge on any atom is 0.277 e. The third-order valence-corrected chi connectivity index (χ3v) is 2.62. The number of hydrogen-bond donors (Lipinski definition) is 1. The number of nitrogens with zero attached hydrogens (tertiary/aromatic N) is 1. The smallest absolute Gasteiger partial charge is 0.267 e. The lowest BCUT2D eigenvalue weighted by molar-refractivity contribution is 0.0943. The molecule has 0 unspecified atom stereocenters. The van der Waals surface area contributed by atoms with Crippen LogP contribution in [-0.4, -0.2) is 12.1 Å². The Balaban J connectivity index is 2.26. The van der Waals surface area contributed by atoms with Gasteiger partial charge in [0.25, 0.3) is 5.91 Å². The number of halogens is 5. The molecule has 0 radical (unpaired) electrons. The van der Waals surface area contributed by atoms with Crippen molar-refractivity contribution in [3.8, 4) is 0 Å². The fourth-order valence-corrected chi connectivity index (χ4v) is 1.56. The van der Waals surface area contributed by atoms with Gasteiger partial charge in [-0.15, -0.1) is 0 Å². The highest BCUT2D eigenvalue weighted by molar-refractivity contribution is 5.95. The van der Waals surface area contributed by atoms with E-state index in [2.05, 4.69) is 5.10 Å². The van der Waals surface area contributed by atoms with E-state index in [1.807, 2.05) is 0 Å². The van der Waals surface area contributed by atoms with Gasteiger partial charge in [0.2, 0.25) is 5.82 Å². The van der Waals surface area contributed by atoms with E-state index in [0.29, 0.717) is 5.56 Å². The number of hydrogen-bond acceptors (Lipinski definition) is 2. The van der Waals surface area contributed by atoms with Gasteiger partial charge in [0, 0.05) is 0 Å². The van der Waals surface area contributed by atoms with E-state index in [9.17, 15) is 26.7 Å². The molecule has 0 atom stereocenters. The molecule has 0 spiro atoms. The molecule has 8 heteroatoms. The molecule has 0 saturated carbocycles. The van der Waals surface area contributed by atoms with Crippen molar-refractivity contribution >= 4 is 12.1 Å². The van der Waals surface area contributed by atoms with Gasteiger partial charge in [-0.3, -0.25) is 4.79 Å². The van der Waals surface area contributed by atoms with Crippen molar-refractivity contribution in [2.75, 3.05) is 0 Å². The molecule has 1 N–H and O–H groups in total. The average molecular weight is 314 g/mol. The maximum absolute atomic E-state index is 13.4. The Labute approximate surface area is 121 Å². The molecule has 0 aliphatic carbocycles. The summed E-state index contributed by atoms with van der Waals surface area (Å²) in [5, 5.41) is 3.39. The van der Waals surface area contributed by atoms with Crippen molar-refractivity contribution in [1.29, 1.82) is 0 Å². The van der Waals surface area contributed by atoms with Crippen LogP contribution in [0.25, 0.3) is 0 Å². The Kier molecular flexibility index (Phi) is 4.50. The van der Waals surface area contributed by atoms with E-state index in [0.717, 1.165) is 6.21 Å². The van der Waals surface area contributed by atoms with E-state index < -0.39 is 40.6 Å². The van der Waals surface area contributed by atoms with Crippen molar-refractivity contribution < 1.29 is 26.7 Å². The van der Waals surface area contributed by atoms with Crippen LogP contribution in [0.1, 0.15) is 15.9 Å². The Hall–Kier alpha value is -2.77. The summed E-state index contributed by atoms with van der Waals surface area (Å²) in [6, 6.07) is 8.31. The molecule has 2 rings (SSSR count). The molecule has 2 aromatic carbocycles. The van der Waals surface area contributed by atoms with E-state index >= 15 is 0 Å². The van der Waals surface area contributed by atoms with Gasteiger partial charge in [-0.05, 0) is 5.56 Å². The lowest BCUT2D eigenvalue weighted by Crippen LogP contribution is -2.23. The molecule has 3 nitrogen and oxygen atoms in total. The zero-order valence-corrected chi connectivity index (χ0v) is 10.7. The van der Waals surface area contributed by atoms with Crippen LogP contribution in [-0.2, 0) is 0 Å². The average Bonchev–Trinajstić information content (AvgIpc) is 2.52. The van der Waals surface area contributed by atoms with Crippen LogP contribution < -0.4 is 5.43 Å². The first-order valence-electron chi connectivity index (χ1n) is 5.83. The fourth-order valence-electron chi connectivity index (χ4n) is 1.56. The molecule has 0 heterocycles. The minimum atomic E-state index is -2.33. The quantitative estimate of drug-likeness (QED) is 0.305. The lowest BCUT2D eigenvalue weighted by Gasteiger charge is -2.06. The molecule has 0 aliphatic rings. The second kappa shape index (κ2) is 6.33. The summed E-state index contributed by atoms with van der Waals surface area (Å²) in [5.74, 6) is -12.7. The summed E-state index contributed by atoms with van der Waals surface area (Å²) in [5.41, 5.74) is 0.658. The number of hydrazone groups is 1. The highest BCUT2D eigenvalue weighted by Crippen LogP contribution is 2.22. The summed E-state index contributed by atoms with van der Waals surface area (Å²) >= 11 is 0. The number of benzene rings is 2. The zero-order chi connectivity index (χ0) is 16.3. The topological polar surface area (TPSA) is 41.5 Å². The van der Waals surface area contributed by atoms with Crippen LogP contribution in [0.5, 0.6) is 0 Å². The molecule has 0 aromatic heterocycles. The van der Waals surface area contributed by atoms with Crippen molar-refractivity contribution in [2.24, 2.45) is 5.10 Å². The molecule has 1 amide bonds. The highest BCUT2D eigenvalue weighted by atomic mass is 19.2. The van der Waals surface area contributed by atoms with Crippen LogP contribution in [0, 0.1) is 29.1 Å².